The van der Waals surface area contributed by atoms with Crippen LogP contribution >= 0.6 is 0 Å². The molecule has 4 rings (SSSR count). The van der Waals surface area contributed by atoms with Gasteiger partial charge in [0.1, 0.15) is 5.69 Å². The number of carbonyl (C=O) groups excluding carboxylic acids is 2. The van der Waals surface area contributed by atoms with Crippen molar-refractivity contribution in [3.63, 3.8) is 0 Å². The number of aromatic amines is 1. The number of aromatic nitrogens is 2. The lowest BCUT2D eigenvalue weighted by atomic mass is 9.90. The topological polar surface area (TPSA) is 53.8 Å². The quantitative estimate of drug-likeness (QED) is 0.541. The number of hydrogen-bond acceptors (Lipinski definition) is 2. The van der Waals surface area contributed by atoms with E-state index in [1.54, 1.807) is 35.2 Å². The SMILES string of the molecule is O=C1c2ccccc2C(=O)c2c1[nH]c[n+]2-c1ccccc1. The Morgan fingerprint density at radius 1 is 0.762 bits per heavy atom. The lowest BCUT2D eigenvalue weighted by Crippen LogP contribution is -2.38. The monoisotopic (exact) mass is 275 g/mol. The zero-order chi connectivity index (χ0) is 14.4. The second kappa shape index (κ2) is 4.24. The van der Waals surface area contributed by atoms with E-state index >= 15 is 0 Å². The molecule has 0 saturated heterocycles. The summed E-state index contributed by atoms with van der Waals surface area (Å²) < 4.78 is 1.73. The van der Waals surface area contributed by atoms with Crippen LogP contribution in [0.4, 0.5) is 0 Å². The van der Waals surface area contributed by atoms with E-state index in [2.05, 4.69) is 4.98 Å². The van der Waals surface area contributed by atoms with Gasteiger partial charge in [-0.1, -0.05) is 42.5 Å². The van der Waals surface area contributed by atoms with Gasteiger partial charge < -0.3 is 0 Å². The van der Waals surface area contributed by atoms with Gasteiger partial charge in [0.25, 0.3) is 0 Å². The molecule has 21 heavy (non-hydrogen) atoms. The van der Waals surface area contributed by atoms with E-state index in [1.165, 1.54) is 0 Å². The van der Waals surface area contributed by atoms with Gasteiger partial charge >= 0.3 is 0 Å². The van der Waals surface area contributed by atoms with E-state index in [4.69, 9.17) is 0 Å². The number of carbonyl (C=O) groups is 2. The summed E-state index contributed by atoms with van der Waals surface area (Å²) >= 11 is 0. The number of imidazole rings is 1. The maximum absolute atomic E-state index is 12.7. The average molecular weight is 275 g/mol. The summed E-state index contributed by atoms with van der Waals surface area (Å²) in [6, 6.07) is 16.4. The molecular formula is C17H11N2O2+. The van der Waals surface area contributed by atoms with Crippen LogP contribution in [0.3, 0.4) is 0 Å². The van der Waals surface area contributed by atoms with Crippen molar-refractivity contribution in [2.45, 2.75) is 0 Å². The fourth-order valence-corrected chi connectivity index (χ4v) is 2.71. The van der Waals surface area contributed by atoms with E-state index in [0.717, 1.165) is 5.69 Å². The first kappa shape index (κ1) is 11.8. The molecule has 0 spiro atoms. The molecule has 0 bridgehead atoms. The van der Waals surface area contributed by atoms with E-state index in [9.17, 15) is 9.59 Å². The van der Waals surface area contributed by atoms with Gasteiger partial charge in [-0.3, -0.25) is 9.59 Å². The average Bonchev–Trinajstić information content (AvgIpc) is 2.99. The van der Waals surface area contributed by atoms with Crippen molar-refractivity contribution in [3.05, 3.63) is 83.4 Å². The van der Waals surface area contributed by atoms with Crippen LogP contribution in [0.25, 0.3) is 5.69 Å². The summed E-state index contributed by atoms with van der Waals surface area (Å²) in [7, 11) is 0. The predicted molar refractivity (Wildman–Crippen MR) is 75.6 cm³/mol. The molecule has 0 aliphatic heterocycles. The highest BCUT2D eigenvalue weighted by molar-refractivity contribution is 6.26. The summed E-state index contributed by atoms with van der Waals surface area (Å²) in [4.78, 5) is 28.2. The Labute approximate surface area is 120 Å². The molecule has 100 valence electrons. The lowest BCUT2D eigenvalue weighted by Gasteiger charge is -2.11. The predicted octanol–water partition coefficient (Wildman–Crippen LogP) is 2.07. The molecule has 1 aliphatic rings. The molecule has 0 amide bonds. The van der Waals surface area contributed by atoms with Crippen LogP contribution in [0.5, 0.6) is 0 Å². The number of fused-ring (bicyclic) bond motifs is 2. The smallest absolute Gasteiger partial charge is 0.247 e. The van der Waals surface area contributed by atoms with Crippen LogP contribution in [0.2, 0.25) is 0 Å². The first-order valence-corrected chi connectivity index (χ1v) is 6.64. The van der Waals surface area contributed by atoms with Gasteiger partial charge in [-0.15, -0.1) is 0 Å². The summed E-state index contributed by atoms with van der Waals surface area (Å²) in [5.74, 6) is -0.278. The van der Waals surface area contributed by atoms with Crippen LogP contribution in [0.15, 0.2) is 60.9 Å². The van der Waals surface area contributed by atoms with Crippen LogP contribution in [-0.4, -0.2) is 16.6 Å². The normalized spacial score (nSPS) is 13.0. The maximum atomic E-state index is 12.7. The fourth-order valence-electron chi connectivity index (χ4n) is 2.71. The standard InChI is InChI=1S/C17H10N2O2/c20-16-12-8-4-5-9-13(12)17(21)15-14(16)18-10-19(15)11-6-2-1-3-7-11/h1-10H/p+1. The first-order chi connectivity index (χ1) is 10.3. The molecule has 0 saturated carbocycles. The molecule has 1 N–H and O–H groups in total. The Hall–Kier alpha value is -3.01. The third-order valence-corrected chi connectivity index (χ3v) is 3.71. The van der Waals surface area contributed by atoms with Crippen molar-refractivity contribution in [2.75, 3.05) is 0 Å². The molecule has 4 heteroatoms. The van der Waals surface area contributed by atoms with Crippen LogP contribution < -0.4 is 4.57 Å². The van der Waals surface area contributed by atoms with Gasteiger partial charge in [-0.05, 0) is 12.1 Å². The maximum Gasteiger partial charge on any atom is 0.247 e. The largest absolute Gasteiger partial charge is 0.284 e. The molecule has 0 unspecified atom stereocenters. The zero-order valence-electron chi connectivity index (χ0n) is 11.0. The number of hydrogen-bond donors (Lipinski definition) is 1. The van der Waals surface area contributed by atoms with E-state index in [0.29, 0.717) is 22.5 Å². The Morgan fingerprint density at radius 3 is 2.10 bits per heavy atom. The Kier molecular flexibility index (Phi) is 2.38. The minimum absolute atomic E-state index is 0.134. The van der Waals surface area contributed by atoms with Crippen molar-refractivity contribution in [1.82, 2.24) is 4.98 Å². The summed E-state index contributed by atoms with van der Waals surface area (Å²) in [6.07, 6.45) is 1.65. The van der Waals surface area contributed by atoms with Crippen molar-refractivity contribution in [2.24, 2.45) is 0 Å². The molecule has 1 aromatic heterocycles. The zero-order valence-corrected chi connectivity index (χ0v) is 11.0. The fraction of sp³-hybridized carbons (Fsp3) is 0. The molecule has 4 nitrogen and oxygen atoms in total. The molecule has 0 fully saturated rings. The molecule has 1 heterocycles. The number of nitrogens with one attached hydrogen (secondary N) is 1. The summed E-state index contributed by atoms with van der Waals surface area (Å²) in [5.41, 5.74) is 2.50. The van der Waals surface area contributed by atoms with Gasteiger partial charge in [0.15, 0.2) is 0 Å². The lowest BCUT2D eigenvalue weighted by molar-refractivity contribution is -0.596. The molecule has 0 radical (unpaired) electrons. The first-order valence-electron chi connectivity index (χ1n) is 6.64. The third-order valence-electron chi connectivity index (χ3n) is 3.71. The van der Waals surface area contributed by atoms with Crippen molar-refractivity contribution >= 4 is 11.6 Å². The second-order valence-electron chi connectivity index (χ2n) is 4.91. The van der Waals surface area contributed by atoms with Crippen molar-refractivity contribution in [1.29, 1.82) is 0 Å². The summed E-state index contributed by atoms with van der Waals surface area (Å²) in [6.45, 7) is 0. The van der Waals surface area contributed by atoms with E-state index < -0.39 is 0 Å². The molecule has 1 aliphatic carbocycles. The molecule has 2 aromatic carbocycles. The van der Waals surface area contributed by atoms with Crippen LogP contribution in [0.1, 0.15) is 32.1 Å². The second-order valence-corrected chi connectivity index (χ2v) is 4.91. The van der Waals surface area contributed by atoms with Gasteiger partial charge in [-0.25, -0.2) is 4.98 Å². The number of benzene rings is 2. The number of nitrogens with zero attached hydrogens (tertiary/aromatic N) is 1. The van der Waals surface area contributed by atoms with E-state index in [1.807, 2.05) is 30.3 Å². The summed E-state index contributed by atoms with van der Waals surface area (Å²) in [5, 5.41) is 0. The van der Waals surface area contributed by atoms with Crippen LogP contribution in [-0.2, 0) is 0 Å². The van der Waals surface area contributed by atoms with Gasteiger partial charge in [0, 0.05) is 11.1 Å². The molecule has 0 atom stereocenters. The number of para-hydroxylation sites is 1. The highest BCUT2D eigenvalue weighted by Crippen LogP contribution is 2.24. The number of rotatable bonds is 1. The third kappa shape index (κ3) is 1.59. The Bertz CT molecular complexity index is 879. The number of ketones is 2. The van der Waals surface area contributed by atoms with Gasteiger partial charge in [-0.2, -0.15) is 4.57 Å². The number of H-pyrrole nitrogens is 1. The molecule has 3 aromatic rings. The van der Waals surface area contributed by atoms with Crippen molar-refractivity contribution < 1.29 is 14.2 Å². The Morgan fingerprint density at radius 2 is 1.38 bits per heavy atom. The molecular weight excluding hydrogens is 264 g/mol. The Balaban J connectivity index is 1.98. The minimum atomic E-state index is -0.144. The van der Waals surface area contributed by atoms with Gasteiger partial charge in [0.05, 0.1) is 0 Å². The highest BCUT2D eigenvalue weighted by atomic mass is 16.1. The van der Waals surface area contributed by atoms with Crippen molar-refractivity contribution in [3.8, 4) is 5.69 Å². The van der Waals surface area contributed by atoms with E-state index in [-0.39, 0.29) is 11.6 Å². The van der Waals surface area contributed by atoms with Crippen LogP contribution in [0, 0.1) is 0 Å². The highest BCUT2D eigenvalue weighted by Gasteiger charge is 2.38. The minimum Gasteiger partial charge on any atom is -0.284 e. The van der Waals surface area contributed by atoms with Gasteiger partial charge in [0.2, 0.25) is 29.3 Å².